The van der Waals surface area contributed by atoms with Gasteiger partial charge >= 0.3 is 0 Å². The van der Waals surface area contributed by atoms with Crippen molar-refractivity contribution in [1.82, 2.24) is 0 Å². The summed E-state index contributed by atoms with van der Waals surface area (Å²) in [6.45, 7) is 0. The number of halogens is 1. The van der Waals surface area contributed by atoms with Gasteiger partial charge in [0.1, 0.15) is 5.75 Å². The molecule has 0 spiro atoms. The second-order valence-electron chi connectivity index (χ2n) is 3.98. The topological polar surface area (TPSA) is 38.7 Å². The summed E-state index contributed by atoms with van der Waals surface area (Å²) in [5.41, 5.74) is 0. The summed E-state index contributed by atoms with van der Waals surface area (Å²) in [6.07, 6.45) is 4.80. The molecule has 0 amide bonds. The van der Waals surface area contributed by atoms with E-state index in [4.69, 9.17) is 21.1 Å². The van der Waals surface area contributed by atoms with E-state index in [9.17, 15) is 5.11 Å². The molecule has 1 fully saturated rings. The van der Waals surface area contributed by atoms with Crippen LogP contribution >= 0.6 is 11.6 Å². The number of ether oxygens (including phenoxy) is 2. The fraction of sp³-hybridized carbons (Fsp3) is 0.500. The number of methoxy groups -OCH3 is 1. The largest absolute Gasteiger partial charge is 0.506 e. The van der Waals surface area contributed by atoms with Crippen molar-refractivity contribution in [2.24, 2.45) is 0 Å². The van der Waals surface area contributed by atoms with E-state index in [-0.39, 0.29) is 16.9 Å². The zero-order chi connectivity index (χ0) is 11.5. The van der Waals surface area contributed by atoms with Crippen molar-refractivity contribution >= 4 is 11.6 Å². The summed E-state index contributed by atoms with van der Waals surface area (Å²) in [5, 5.41) is 9.73. The van der Waals surface area contributed by atoms with Crippen molar-refractivity contribution < 1.29 is 14.6 Å². The quantitative estimate of drug-likeness (QED) is 0.883. The average Bonchev–Trinajstić information content (AvgIpc) is 2.76. The average molecular weight is 243 g/mol. The van der Waals surface area contributed by atoms with Gasteiger partial charge in [-0.3, -0.25) is 0 Å². The van der Waals surface area contributed by atoms with Crippen LogP contribution in [0.2, 0.25) is 5.02 Å². The molecule has 1 aliphatic carbocycles. The highest BCUT2D eigenvalue weighted by Gasteiger charge is 2.19. The van der Waals surface area contributed by atoms with Crippen molar-refractivity contribution in [3.63, 3.8) is 0 Å². The molecule has 0 aromatic heterocycles. The molecule has 3 nitrogen and oxygen atoms in total. The lowest BCUT2D eigenvalue weighted by molar-refractivity contribution is 0.200. The van der Waals surface area contributed by atoms with Crippen LogP contribution in [0, 0.1) is 0 Å². The molecule has 1 aromatic rings. The third-order valence-corrected chi connectivity index (χ3v) is 3.13. The lowest BCUT2D eigenvalue weighted by Gasteiger charge is -2.16. The molecule has 0 unspecified atom stereocenters. The zero-order valence-electron chi connectivity index (χ0n) is 9.20. The predicted octanol–water partition coefficient (Wildman–Crippen LogP) is 3.38. The number of aromatic hydroxyl groups is 1. The molecule has 1 N–H and O–H groups in total. The molecule has 0 saturated heterocycles. The molecule has 0 heterocycles. The predicted molar refractivity (Wildman–Crippen MR) is 62.6 cm³/mol. The first kappa shape index (κ1) is 11.4. The Bertz CT molecular complexity index is 373. The van der Waals surface area contributed by atoms with Crippen LogP contribution in [0.3, 0.4) is 0 Å². The summed E-state index contributed by atoms with van der Waals surface area (Å²) in [6, 6.07) is 3.08. The van der Waals surface area contributed by atoms with Crippen LogP contribution in [0.25, 0.3) is 0 Å². The molecule has 0 aliphatic heterocycles. The Balaban J connectivity index is 2.20. The van der Waals surface area contributed by atoms with Gasteiger partial charge in [0.25, 0.3) is 0 Å². The highest BCUT2D eigenvalue weighted by molar-refractivity contribution is 6.32. The van der Waals surface area contributed by atoms with Gasteiger partial charge in [0.05, 0.1) is 18.2 Å². The Hall–Kier alpha value is -1.09. The minimum atomic E-state index is 0.0114. The van der Waals surface area contributed by atoms with Crippen LogP contribution in [0.5, 0.6) is 17.2 Å². The Kier molecular flexibility index (Phi) is 3.44. The van der Waals surface area contributed by atoms with Crippen molar-refractivity contribution in [2.45, 2.75) is 31.8 Å². The molecular formula is C12H15ClO3. The fourth-order valence-corrected chi connectivity index (χ4v) is 2.12. The number of benzene rings is 1. The van der Waals surface area contributed by atoms with Gasteiger partial charge in [-0.2, -0.15) is 0 Å². The maximum Gasteiger partial charge on any atom is 0.164 e. The van der Waals surface area contributed by atoms with Crippen LogP contribution in [-0.2, 0) is 0 Å². The number of rotatable bonds is 3. The van der Waals surface area contributed by atoms with Gasteiger partial charge in [-0.25, -0.2) is 0 Å². The van der Waals surface area contributed by atoms with Crippen molar-refractivity contribution in [3.05, 3.63) is 17.2 Å². The van der Waals surface area contributed by atoms with E-state index in [1.807, 2.05) is 0 Å². The van der Waals surface area contributed by atoms with E-state index in [0.29, 0.717) is 11.5 Å². The van der Waals surface area contributed by atoms with Crippen molar-refractivity contribution in [1.29, 1.82) is 0 Å². The first-order valence-electron chi connectivity index (χ1n) is 5.44. The molecule has 1 aliphatic rings. The van der Waals surface area contributed by atoms with E-state index in [1.54, 1.807) is 13.2 Å². The van der Waals surface area contributed by atoms with Gasteiger partial charge in [-0.15, -0.1) is 0 Å². The molecule has 4 heteroatoms. The highest BCUT2D eigenvalue weighted by Crippen LogP contribution is 2.38. The minimum absolute atomic E-state index is 0.0114. The molecular weight excluding hydrogens is 228 g/mol. The van der Waals surface area contributed by atoms with Crippen LogP contribution in [0.4, 0.5) is 0 Å². The van der Waals surface area contributed by atoms with Gasteiger partial charge < -0.3 is 14.6 Å². The maximum absolute atomic E-state index is 9.45. The summed E-state index contributed by atoms with van der Waals surface area (Å²) < 4.78 is 11.0. The van der Waals surface area contributed by atoms with E-state index < -0.39 is 0 Å². The Morgan fingerprint density at radius 2 is 1.94 bits per heavy atom. The SMILES string of the molecule is COc1cc(O)c(Cl)cc1OC1CCCC1. The molecule has 0 atom stereocenters. The van der Waals surface area contributed by atoms with Gasteiger partial charge in [-0.1, -0.05) is 11.6 Å². The summed E-state index contributed by atoms with van der Waals surface area (Å²) >= 11 is 5.84. The van der Waals surface area contributed by atoms with Crippen LogP contribution in [0.15, 0.2) is 12.1 Å². The molecule has 1 aromatic carbocycles. The van der Waals surface area contributed by atoms with E-state index in [0.717, 1.165) is 12.8 Å². The van der Waals surface area contributed by atoms with Gasteiger partial charge in [0.2, 0.25) is 0 Å². The van der Waals surface area contributed by atoms with Gasteiger partial charge in [-0.05, 0) is 25.7 Å². The normalized spacial score (nSPS) is 16.4. The minimum Gasteiger partial charge on any atom is -0.506 e. The number of hydrogen-bond acceptors (Lipinski definition) is 3. The van der Waals surface area contributed by atoms with Gasteiger partial charge in [0.15, 0.2) is 11.5 Å². The van der Waals surface area contributed by atoms with Crippen LogP contribution in [0.1, 0.15) is 25.7 Å². The van der Waals surface area contributed by atoms with Gasteiger partial charge in [0, 0.05) is 12.1 Å². The molecule has 16 heavy (non-hydrogen) atoms. The molecule has 0 bridgehead atoms. The highest BCUT2D eigenvalue weighted by atomic mass is 35.5. The second kappa shape index (κ2) is 4.83. The van der Waals surface area contributed by atoms with Crippen molar-refractivity contribution in [3.8, 4) is 17.2 Å². The first-order chi connectivity index (χ1) is 7.70. The smallest absolute Gasteiger partial charge is 0.164 e. The van der Waals surface area contributed by atoms with Crippen LogP contribution < -0.4 is 9.47 Å². The standard InChI is InChI=1S/C12H15ClO3/c1-15-11-7-10(14)9(13)6-12(11)16-8-4-2-3-5-8/h6-8,14H,2-5H2,1H3. The van der Waals surface area contributed by atoms with Crippen LogP contribution in [-0.4, -0.2) is 18.3 Å². The van der Waals surface area contributed by atoms with E-state index in [1.165, 1.54) is 18.9 Å². The third kappa shape index (κ3) is 2.35. The van der Waals surface area contributed by atoms with E-state index in [2.05, 4.69) is 0 Å². The monoisotopic (exact) mass is 242 g/mol. The Morgan fingerprint density at radius 3 is 2.56 bits per heavy atom. The summed E-state index contributed by atoms with van der Waals surface area (Å²) in [7, 11) is 1.55. The molecule has 1 saturated carbocycles. The fourth-order valence-electron chi connectivity index (χ4n) is 1.96. The molecule has 88 valence electrons. The number of hydrogen-bond donors (Lipinski definition) is 1. The zero-order valence-corrected chi connectivity index (χ0v) is 9.96. The van der Waals surface area contributed by atoms with Crippen molar-refractivity contribution in [2.75, 3.05) is 7.11 Å². The lowest BCUT2D eigenvalue weighted by atomic mass is 10.2. The third-order valence-electron chi connectivity index (χ3n) is 2.83. The molecule has 0 radical (unpaired) electrons. The number of phenolic OH excluding ortho intramolecular Hbond substituents is 1. The Labute approximate surface area is 99.9 Å². The second-order valence-corrected chi connectivity index (χ2v) is 4.39. The Morgan fingerprint density at radius 1 is 1.25 bits per heavy atom. The summed E-state index contributed by atoms with van der Waals surface area (Å²) in [4.78, 5) is 0. The summed E-state index contributed by atoms with van der Waals surface area (Å²) in [5.74, 6) is 1.14. The first-order valence-corrected chi connectivity index (χ1v) is 5.81. The molecule has 2 rings (SSSR count). The lowest BCUT2D eigenvalue weighted by Crippen LogP contribution is -2.11. The van der Waals surface area contributed by atoms with E-state index >= 15 is 0 Å². The maximum atomic E-state index is 9.45. The number of phenols is 1.